The highest BCUT2D eigenvalue weighted by Gasteiger charge is 2.26. The van der Waals surface area contributed by atoms with E-state index < -0.39 is 18.2 Å². The van der Waals surface area contributed by atoms with Gasteiger partial charge >= 0.3 is 5.97 Å². The number of benzene rings is 1. The maximum Gasteiger partial charge on any atom is 0.337 e. The fourth-order valence-corrected chi connectivity index (χ4v) is 1.28. The van der Waals surface area contributed by atoms with E-state index in [1.165, 1.54) is 0 Å². The van der Waals surface area contributed by atoms with Gasteiger partial charge in [0, 0.05) is 6.54 Å². The van der Waals surface area contributed by atoms with Gasteiger partial charge in [-0.15, -0.1) is 0 Å². The molecule has 4 N–H and O–H groups in total. The largest absolute Gasteiger partial charge is 0.467 e. The van der Waals surface area contributed by atoms with Gasteiger partial charge in [0.1, 0.15) is 6.10 Å². The van der Waals surface area contributed by atoms with Crippen molar-refractivity contribution in [3.05, 3.63) is 35.4 Å². The Labute approximate surface area is 93.5 Å². The monoisotopic (exact) mass is 225 g/mol. The van der Waals surface area contributed by atoms with Crippen molar-refractivity contribution in [1.29, 1.82) is 0 Å². The number of aliphatic hydroxyl groups is 2. The summed E-state index contributed by atoms with van der Waals surface area (Å²) < 4.78 is 4.33. The van der Waals surface area contributed by atoms with Crippen LogP contribution >= 0.6 is 0 Å². The molecule has 88 valence electrons. The predicted octanol–water partition coefficient (Wildman–Crippen LogP) is -0.287. The number of rotatable bonds is 4. The second-order valence-electron chi connectivity index (χ2n) is 3.36. The molecule has 0 amide bonds. The number of hydrogen-bond donors (Lipinski definition) is 3. The molecule has 2 unspecified atom stereocenters. The molecule has 2 atom stereocenters. The van der Waals surface area contributed by atoms with E-state index in [1.54, 1.807) is 24.3 Å². The third-order valence-corrected chi connectivity index (χ3v) is 2.30. The summed E-state index contributed by atoms with van der Waals surface area (Å²) in [4.78, 5) is 11.0. The fourth-order valence-electron chi connectivity index (χ4n) is 1.28. The van der Waals surface area contributed by atoms with E-state index in [0.29, 0.717) is 12.1 Å². The van der Waals surface area contributed by atoms with Crippen LogP contribution in [0, 0.1) is 0 Å². The first-order valence-corrected chi connectivity index (χ1v) is 4.83. The van der Waals surface area contributed by atoms with Gasteiger partial charge in [-0.05, 0) is 11.1 Å². The Hall–Kier alpha value is -1.43. The Kier molecular flexibility index (Phi) is 4.42. The van der Waals surface area contributed by atoms with Crippen LogP contribution in [0.3, 0.4) is 0 Å². The number of hydrogen-bond acceptors (Lipinski definition) is 5. The minimum Gasteiger partial charge on any atom is -0.467 e. The molecular formula is C11H15NO4. The van der Waals surface area contributed by atoms with Crippen LogP contribution in [0.25, 0.3) is 0 Å². The molecule has 0 aromatic heterocycles. The van der Waals surface area contributed by atoms with Gasteiger partial charge in [0.05, 0.1) is 7.11 Å². The normalized spacial score (nSPS) is 14.2. The smallest absolute Gasteiger partial charge is 0.337 e. The Morgan fingerprint density at radius 2 is 1.94 bits per heavy atom. The predicted molar refractivity (Wildman–Crippen MR) is 57.3 cm³/mol. The minimum atomic E-state index is -1.58. The van der Waals surface area contributed by atoms with Gasteiger partial charge in [0.15, 0.2) is 6.10 Å². The van der Waals surface area contributed by atoms with Gasteiger partial charge in [-0.25, -0.2) is 4.79 Å². The van der Waals surface area contributed by atoms with Crippen LogP contribution in [0.5, 0.6) is 0 Å². The van der Waals surface area contributed by atoms with E-state index in [1.807, 2.05) is 0 Å². The van der Waals surface area contributed by atoms with Crippen molar-refractivity contribution in [2.45, 2.75) is 18.8 Å². The molecule has 0 bridgehead atoms. The van der Waals surface area contributed by atoms with Crippen LogP contribution in [0.15, 0.2) is 24.3 Å². The van der Waals surface area contributed by atoms with Crippen molar-refractivity contribution in [1.82, 2.24) is 0 Å². The summed E-state index contributed by atoms with van der Waals surface area (Å²) in [5.74, 6) is -0.865. The highest BCUT2D eigenvalue weighted by Crippen LogP contribution is 2.18. The molecule has 0 saturated heterocycles. The molecule has 1 aromatic carbocycles. The summed E-state index contributed by atoms with van der Waals surface area (Å²) >= 11 is 0. The first-order valence-electron chi connectivity index (χ1n) is 4.83. The van der Waals surface area contributed by atoms with E-state index in [2.05, 4.69) is 4.74 Å². The lowest BCUT2D eigenvalue weighted by atomic mass is 10.0. The lowest BCUT2D eigenvalue weighted by molar-refractivity contribution is -0.156. The first kappa shape index (κ1) is 12.6. The zero-order valence-corrected chi connectivity index (χ0v) is 8.96. The van der Waals surface area contributed by atoms with Crippen LogP contribution in [-0.2, 0) is 16.1 Å². The molecule has 5 heteroatoms. The number of carbonyl (C=O) groups excluding carboxylic acids is 1. The van der Waals surface area contributed by atoms with Crippen LogP contribution < -0.4 is 5.73 Å². The van der Waals surface area contributed by atoms with Crippen molar-refractivity contribution in [3.8, 4) is 0 Å². The highest BCUT2D eigenvalue weighted by atomic mass is 16.5. The first-order chi connectivity index (χ1) is 7.60. The summed E-state index contributed by atoms with van der Waals surface area (Å²) in [5.41, 5.74) is 6.77. The number of nitrogens with two attached hydrogens (primary N) is 1. The highest BCUT2D eigenvalue weighted by molar-refractivity contribution is 5.75. The molecule has 1 rings (SSSR count). The molecule has 0 spiro atoms. The Bertz CT molecular complexity index is 350. The van der Waals surface area contributed by atoms with Crippen LogP contribution in [0.1, 0.15) is 17.2 Å². The van der Waals surface area contributed by atoms with Crippen molar-refractivity contribution in [2.75, 3.05) is 7.11 Å². The van der Waals surface area contributed by atoms with E-state index >= 15 is 0 Å². The summed E-state index contributed by atoms with van der Waals surface area (Å²) in [6.45, 7) is 0.399. The molecule has 0 radical (unpaired) electrons. The molecule has 0 saturated carbocycles. The van der Waals surface area contributed by atoms with Gasteiger partial charge in [-0.2, -0.15) is 0 Å². The number of esters is 1. The molecule has 1 aromatic rings. The Balaban J connectivity index is 2.79. The topological polar surface area (TPSA) is 92.8 Å². The van der Waals surface area contributed by atoms with E-state index in [0.717, 1.165) is 12.7 Å². The van der Waals surface area contributed by atoms with Crippen molar-refractivity contribution < 1.29 is 19.7 Å². The van der Waals surface area contributed by atoms with Gasteiger partial charge in [0.2, 0.25) is 0 Å². The van der Waals surface area contributed by atoms with E-state index in [-0.39, 0.29) is 0 Å². The zero-order chi connectivity index (χ0) is 12.1. The van der Waals surface area contributed by atoms with Gasteiger partial charge in [-0.3, -0.25) is 0 Å². The number of carbonyl (C=O) groups is 1. The molecule has 0 fully saturated rings. The van der Waals surface area contributed by atoms with Crippen molar-refractivity contribution in [3.63, 3.8) is 0 Å². The molecule has 16 heavy (non-hydrogen) atoms. The summed E-state index contributed by atoms with van der Waals surface area (Å²) in [7, 11) is 1.15. The standard InChI is InChI=1S/C11H15NO4/c1-16-11(15)10(14)9(13)8-4-2-7(6-12)3-5-8/h2-5,9-10,13-14H,6,12H2,1H3. The molecule has 0 aliphatic heterocycles. The van der Waals surface area contributed by atoms with Crippen molar-refractivity contribution in [2.24, 2.45) is 5.73 Å². The van der Waals surface area contributed by atoms with Gasteiger partial charge < -0.3 is 20.7 Å². The van der Waals surface area contributed by atoms with Gasteiger partial charge in [-0.1, -0.05) is 24.3 Å². The number of aliphatic hydroxyl groups excluding tert-OH is 2. The molecular weight excluding hydrogens is 210 g/mol. The Morgan fingerprint density at radius 3 is 2.38 bits per heavy atom. The van der Waals surface area contributed by atoms with Crippen LogP contribution in [0.4, 0.5) is 0 Å². The van der Waals surface area contributed by atoms with Crippen LogP contribution in [0.2, 0.25) is 0 Å². The van der Waals surface area contributed by atoms with E-state index in [4.69, 9.17) is 5.73 Å². The zero-order valence-electron chi connectivity index (χ0n) is 8.96. The summed E-state index contributed by atoms with van der Waals surface area (Å²) in [5, 5.41) is 19.1. The van der Waals surface area contributed by atoms with Crippen LogP contribution in [-0.4, -0.2) is 29.4 Å². The summed E-state index contributed by atoms with van der Waals surface area (Å²) in [6, 6.07) is 6.67. The molecule has 0 aliphatic carbocycles. The van der Waals surface area contributed by atoms with Gasteiger partial charge in [0.25, 0.3) is 0 Å². The lowest BCUT2D eigenvalue weighted by Crippen LogP contribution is -2.29. The Morgan fingerprint density at radius 1 is 1.38 bits per heavy atom. The molecule has 0 aliphatic rings. The average Bonchev–Trinajstić information content (AvgIpc) is 2.36. The number of ether oxygens (including phenoxy) is 1. The van der Waals surface area contributed by atoms with Crippen molar-refractivity contribution >= 4 is 5.97 Å². The third-order valence-electron chi connectivity index (χ3n) is 2.30. The number of methoxy groups -OCH3 is 1. The lowest BCUT2D eigenvalue weighted by Gasteiger charge is -2.16. The summed E-state index contributed by atoms with van der Waals surface area (Å²) in [6.07, 6.45) is -2.87. The maximum atomic E-state index is 11.0. The second-order valence-corrected chi connectivity index (χ2v) is 3.36. The minimum absolute atomic E-state index is 0.399. The third kappa shape index (κ3) is 2.79. The fraction of sp³-hybridized carbons (Fsp3) is 0.364. The molecule has 0 heterocycles. The second kappa shape index (κ2) is 5.60. The molecule has 5 nitrogen and oxygen atoms in total. The SMILES string of the molecule is COC(=O)C(O)C(O)c1ccc(CN)cc1. The maximum absolute atomic E-state index is 11.0. The van der Waals surface area contributed by atoms with E-state index in [9.17, 15) is 15.0 Å². The quantitative estimate of drug-likeness (QED) is 0.612. The average molecular weight is 225 g/mol.